The second kappa shape index (κ2) is 6.48. The van der Waals surface area contributed by atoms with E-state index in [0.29, 0.717) is 6.54 Å². The second-order valence-electron chi connectivity index (χ2n) is 6.86. The molecule has 1 fully saturated rings. The number of carbonyl (C=O) groups excluding carboxylic acids is 1. The van der Waals surface area contributed by atoms with Crippen LogP contribution in [0.4, 0.5) is 5.69 Å². The Kier molecular flexibility index (Phi) is 4.88. The summed E-state index contributed by atoms with van der Waals surface area (Å²) in [5.74, 6) is 0.183. The first-order chi connectivity index (χ1) is 9.86. The van der Waals surface area contributed by atoms with Gasteiger partial charge in [0.05, 0.1) is 6.54 Å². The van der Waals surface area contributed by atoms with Gasteiger partial charge >= 0.3 is 0 Å². The van der Waals surface area contributed by atoms with Crippen molar-refractivity contribution in [3.8, 4) is 0 Å². The maximum absolute atomic E-state index is 12.1. The van der Waals surface area contributed by atoms with Crippen LogP contribution in [0.2, 0.25) is 0 Å². The number of rotatable bonds is 3. The van der Waals surface area contributed by atoms with E-state index in [1.807, 2.05) is 4.90 Å². The predicted molar refractivity (Wildman–Crippen MR) is 87.7 cm³/mol. The van der Waals surface area contributed by atoms with Crippen molar-refractivity contribution in [1.82, 2.24) is 9.80 Å². The minimum atomic E-state index is 0.161. The first-order valence-electron chi connectivity index (χ1n) is 7.67. The maximum Gasteiger partial charge on any atom is 0.241 e. The Morgan fingerprint density at radius 2 is 1.67 bits per heavy atom. The lowest BCUT2D eigenvalue weighted by Crippen LogP contribution is -2.48. The molecule has 1 saturated heterocycles. The molecule has 1 aromatic rings. The summed E-state index contributed by atoms with van der Waals surface area (Å²) in [6, 6.07) is 8.36. The lowest BCUT2D eigenvalue weighted by Gasteiger charge is -2.32. The highest BCUT2D eigenvalue weighted by Gasteiger charge is 2.18. The number of amides is 1. The van der Waals surface area contributed by atoms with Crippen LogP contribution in [-0.4, -0.2) is 55.5 Å². The zero-order chi connectivity index (χ0) is 15.5. The second-order valence-corrected chi connectivity index (χ2v) is 6.86. The van der Waals surface area contributed by atoms with Crippen LogP contribution < -0.4 is 5.32 Å². The van der Waals surface area contributed by atoms with E-state index in [1.165, 1.54) is 5.56 Å². The van der Waals surface area contributed by atoms with Crippen molar-refractivity contribution in [2.75, 3.05) is 45.1 Å². The summed E-state index contributed by atoms with van der Waals surface area (Å²) in [6.45, 7) is 10.6. The summed E-state index contributed by atoms with van der Waals surface area (Å²) in [5, 5.41) is 3.23. The van der Waals surface area contributed by atoms with E-state index >= 15 is 0 Å². The third kappa shape index (κ3) is 4.46. The van der Waals surface area contributed by atoms with Gasteiger partial charge in [-0.2, -0.15) is 0 Å². The van der Waals surface area contributed by atoms with Gasteiger partial charge in [0.15, 0.2) is 0 Å². The number of piperazine rings is 1. The molecule has 0 atom stereocenters. The molecule has 1 aromatic carbocycles. The van der Waals surface area contributed by atoms with E-state index in [9.17, 15) is 4.79 Å². The van der Waals surface area contributed by atoms with Crippen molar-refractivity contribution in [2.45, 2.75) is 26.2 Å². The van der Waals surface area contributed by atoms with E-state index in [4.69, 9.17) is 0 Å². The van der Waals surface area contributed by atoms with E-state index in [-0.39, 0.29) is 11.3 Å². The molecule has 1 amide bonds. The molecule has 116 valence electrons. The molecule has 1 heterocycles. The number of hydrogen-bond acceptors (Lipinski definition) is 3. The van der Waals surface area contributed by atoms with Gasteiger partial charge in [-0.1, -0.05) is 32.9 Å². The first-order valence-corrected chi connectivity index (χ1v) is 7.67. The average Bonchev–Trinajstić information content (AvgIpc) is 2.45. The summed E-state index contributed by atoms with van der Waals surface area (Å²) >= 11 is 0. The Bertz CT molecular complexity index is 468. The number of likely N-dealkylation sites (N-methyl/N-ethyl adjacent to an activating group) is 1. The fourth-order valence-electron chi connectivity index (χ4n) is 2.43. The number of benzene rings is 1. The van der Waals surface area contributed by atoms with Crippen LogP contribution in [0.25, 0.3) is 0 Å². The Balaban J connectivity index is 1.84. The topological polar surface area (TPSA) is 35.6 Å². The van der Waals surface area contributed by atoms with Gasteiger partial charge in [0, 0.05) is 31.9 Å². The SMILES string of the molecule is CN1CCN(C(=O)CNc2ccc(C(C)(C)C)cc2)CC1. The Morgan fingerprint density at radius 3 is 2.19 bits per heavy atom. The summed E-state index contributed by atoms with van der Waals surface area (Å²) < 4.78 is 0. The van der Waals surface area contributed by atoms with Crippen LogP contribution in [0.5, 0.6) is 0 Å². The monoisotopic (exact) mass is 289 g/mol. The van der Waals surface area contributed by atoms with Crippen LogP contribution >= 0.6 is 0 Å². The molecule has 0 aromatic heterocycles. The molecule has 4 heteroatoms. The van der Waals surface area contributed by atoms with Gasteiger partial charge in [-0.3, -0.25) is 4.79 Å². The smallest absolute Gasteiger partial charge is 0.241 e. The highest BCUT2D eigenvalue weighted by atomic mass is 16.2. The first kappa shape index (κ1) is 15.8. The van der Waals surface area contributed by atoms with Crippen molar-refractivity contribution in [3.63, 3.8) is 0 Å². The van der Waals surface area contributed by atoms with Crippen molar-refractivity contribution < 1.29 is 4.79 Å². The van der Waals surface area contributed by atoms with Gasteiger partial charge in [0.1, 0.15) is 0 Å². The summed E-state index contributed by atoms with van der Waals surface area (Å²) in [5.41, 5.74) is 2.47. The van der Waals surface area contributed by atoms with Crippen molar-refractivity contribution in [3.05, 3.63) is 29.8 Å². The predicted octanol–water partition coefficient (Wildman–Crippen LogP) is 2.17. The number of nitrogens with zero attached hydrogens (tertiary/aromatic N) is 2. The molecule has 0 aliphatic carbocycles. The minimum Gasteiger partial charge on any atom is -0.376 e. The normalized spacial score (nSPS) is 16.9. The fraction of sp³-hybridized carbons (Fsp3) is 0.588. The van der Waals surface area contributed by atoms with Crippen LogP contribution in [0.3, 0.4) is 0 Å². The van der Waals surface area contributed by atoms with E-state index in [2.05, 4.69) is 62.3 Å². The molecule has 1 aliphatic heterocycles. The minimum absolute atomic E-state index is 0.161. The van der Waals surface area contributed by atoms with Gasteiger partial charge < -0.3 is 15.1 Å². The molecule has 0 spiro atoms. The van der Waals surface area contributed by atoms with Gasteiger partial charge in [-0.15, -0.1) is 0 Å². The zero-order valence-electron chi connectivity index (χ0n) is 13.6. The van der Waals surface area contributed by atoms with Gasteiger partial charge in [-0.25, -0.2) is 0 Å². The van der Waals surface area contributed by atoms with Crippen LogP contribution in [0.15, 0.2) is 24.3 Å². The van der Waals surface area contributed by atoms with Crippen molar-refractivity contribution in [1.29, 1.82) is 0 Å². The largest absolute Gasteiger partial charge is 0.376 e. The molecule has 0 radical (unpaired) electrons. The maximum atomic E-state index is 12.1. The number of carbonyl (C=O) groups is 1. The van der Waals surface area contributed by atoms with E-state index in [0.717, 1.165) is 31.9 Å². The Hall–Kier alpha value is -1.55. The van der Waals surface area contributed by atoms with Gasteiger partial charge in [-0.05, 0) is 30.2 Å². The molecule has 0 saturated carbocycles. The third-order valence-electron chi connectivity index (χ3n) is 4.05. The standard InChI is InChI=1S/C17H27N3O/c1-17(2,3)14-5-7-15(8-6-14)18-13-16(21)20-11-9-19(4)10-12-20/h5-8,18H,9-13H2,1-4H3. The van der Waals surface area contributed by atoms with E-state index in [1.54, 1.807) is 0 Å². The van der Waals surface area contributed by atoms with Crippen LogP contribution in [0.1, 0.15) is 26.3 Å². The number of hydrogen-bond donors (Lipinski definition) is 1. The van der Waals surface area contributed by atoms with Gasteiger partial charge in [0.2, 0.25) is 5.91 Å². The molecule has 0 bridgehead atoms. The van der Waals surface area contributed by atoms with Crippen LogP contribution in [0, 0.1) is 0 Å². The van der Waals surface area contributed by atoms with Crippen LogP contribution in [-0.2, 0) is 10.2 Å². The molecule has 21 heavy (non-hydrogen) atoms. The molecular weight excluding hydrogens is 262 g/mol. The van der Waals surface area contributed by atoms with Crippen molar-refractivity contribution in [2.24, 2.45) is 0 Å². The third-order valence-corrected chi connectivity index (χ3v) is 4.05. The summed E-state index contributed by atoms with van der Waals surface area (Å²) in [6.07, 6.45) is 0. The highest BCUT2D eigenvalue weighted by molar-refractivity contribution is 5.81. The molecular formula is C17H27N3O. The number of anilines is 1. The fourth-order valence-corrected chi connectivity index (χ4v) is 2.43. The molecule has 0 unspecified atom stereocenters. The Morgan fingerprint density at radius 1 is 1.10 bits per heavy atom. The Labute approximate surface area is 128 Å². The number of nitrogens with one attached hydrogen (secondary N) is 1. The lowest BCUT2D eigenvalue weighted by molar-refractivity contribution is -0.130. The van der Waals surface area contributed by atoms with Crippen molar-refractivity contribution >= 4 is 11.6 Å². The zero-order valence-corrected chi connectivity index (χ0v) is 13.6. The lowest BCUT2D eigenvalue weighted by atomic mass is 9.87. The molecule has 1 N–H and O–H groups in total. The summed E-state index contributed by atoms with van der Waals surface area (Å²) in [7, 11) is 2.09. The van der Waals surface area contributed by atoms with E-state index < -0.39 is 0 Å². The molecule has 4 nitrogen and oxygen atoms in total. The van der Waals surface area contributed by atoms with Gasteiger partial charge in [0.25, 0.3) is 0 Å². The summed E-state index contributed by atoms with van der Waals surface area (Å²) in [4.78, 5) is 16.3. The highest BCUT2D eigenvalue weighted by Crippen LogP contribution is 2.23. The molecule has 1 aliphatic rings. The molecule has 2 rings (SSSR count). The quantitative estimate of drug-likeness (QED) is 0.926. The average molecular weight is 289 g/mol.